The number of aromatic nitrogens is 1. The van der Waals surface area contributed by atoms with Crippen LogP contribution in [0, 0.1) is 0 Å². The van der Waals surface area contributed by atoms with E-state index in [1.165, 1.54) is 0 Å². The molecule has 7 heteroatoms. The zero-order chi connectivity index (χ0) is 12.7. The topological polar surface area (TPSA) is 72.2 Å². The van der Waals surface area contributed by atoms with Crippen LogP contribution in [0.15, 0.2) is 6.07 Å². The third-order valence-electron chi connectivity index (χ3n) is 2.03. The van der Waals surface area contributed by atoms with Crippen LogP contribution in [0.1, 0.15) is 13.3 Å². The van der Waals surface area contributed by atoms with E-state index >= 15 is 0 Å². The Hall–Kier alpha value is -0.750. The van der Waals surface area contributed by atoms with Crippen LogP contribution in [0.5, 0.6) is 0 Å². The Labute approximate surface area is 111 Å². The Morgan fingerprint density at radius 3 is 2.71 bits per heavy atom. The zero-order valence-corrected chi connectivity index (χ0v) is 11.1. The Balaban J connectivity index is 2.52. The van der Waals surface area contributed by atoms with E-state index in [-0.39, 0.29) is 0 Å². The molecule has 5 nitrogen and oxygen atoms in total. The maximum atomic E-state index is 5.99. The largest absolute Gasteiger partial charge is 0.382 e. The predicted molar refractivity (Wildman–Crippen MR) is 71.7 cm³/mol. The summed E-state index contributed by atoms with van der Waals surface area (Å²) in [7, 11) is 0. The third kappa shape index (κ3) is 4.55. The molecule has 1 rings (SSSR count). The molecule has 0 fully saturated rings. The number of pyridine rings is 1. The minimum absolute atomic E-state index is 0.386. The van der Waals surface area contributed by atoms with Gasteiger partial charge in [-0.15, -0.1) is 0 Å². The van der Waals surface area contributed by atoms with E-state index in [1.807, 2.05) is 6.92 Å². The van der Waals surface area contributed by atoms with Crippen LogP contribution in [0.4, 0.5) is 11.6 Å². The number of nitrogens with zero attached hydrogens (tertiary/aromatic N) is 1. The van der Waals surface area contributed by atoms with Crippen LogP contribution in [-0.4, -0.2) is 24.7 Å². The second-order valence-corrected chi connectivity index (χ2v) is 4.09. The summed E-state index contributed by atoms with van der Waals surface area (Å²) in [6.45, 7) is 4.11. The van der Waals surface area contributed by atoms with E-state index in [0.29, 0.717) is 28.3 Å². The molecule has 0 aliphatic heterocycles. The number of hydrogen-bond acceptors (Lipinski definition) is 5. The Kier molecular flexibility index (Phi) is 6.36. The number of nitrogens with two attached hydrogens (primary N) is 1. The molecule has 1 aromatic rings. The standard InChI is InChI=1S/C10H16Cl2N4O/c1-2-17-5-3-4-14-9-7(11)6-8(12)10(15-9)16-13/h6H,2-5,13H2,1H3,(H2,14,15,16). The van der Waals surface area contributed by atoms with E-state index in [1.54, 1.807) is 6.07 Å². The molecule has 0 radical (unpaired) electrons. The van der Waals surface area contributed by atoms with Gasteiger partial charge in [0.1, 0.15) is 5.82 Å². The van der Waals surface area contributed by atoms with Gasteiger partial charge in [-0.05, 0) is 19.4 Å². The highest BCUT2D eigenvalue weighted by atomic mass is 35.5. The number of nitrogens with one attached hydrogen (secondary N) is 2. The lowest BCUT2D eigenvalue weighted by molar-refractivity contribution is 0.147. The SMILES string of the molecule is CCOCCCNc1nc(NN)c(Cl)cc1Cl. The summed E-state index contributed by atoms with van der Waals surface area (Å²) in [5.74, 6) is 6.22. The summed E-state index contributed by atoms with van der Waals surface area (Å²) in [4.78, 5) is 4.16. The van der Waals surface area contributed by atoms with Crippen molar-refractivity contribution >= 4 is 34.8 Å². The number of halogens is 2. The molecule has 0 atom stereocenters. The summed E-state index contributed by atoms with van der Waals surface area (Å²) in [5.41, 5.74) is 2.41. The van der Waals surface area contributed by atoms with Gasteiger partial charge in [0.25, 0.3) is 0 Å². The van der Waals surface area contributed by atoms with Crippen molar-refractivity contribution in [3.63, 3.8) is 0 Å². The summed E-state index contributed by atoms with van der Waals surface area (Å²) in [6.07, 6.45) is 0.875. The van der Waals surface area contributed by atoms with Crippen molar-refractivity contribution < 1.29 is 4.74 Å². The molecule has 4 N–H and O–H groups in total. The van der Waals surface area contributed by atoms with Gasteiger partial charge in [0.05, 0.1) is 10.0 Å². The summed E-state index contributed by atoms with van der Waals surface area (Å²) in [5, 5.41) is 3.95. The van der Waals surface area contributed by atoms with Crippen molar-refractivity contribution in [1.29, 1.82) is 0 Å². The monoisotopic (exact) mass is 278 g/mol. The highest BCUT2D eigenvalue weighted by Crippen LogP contribution is 2.28. The van der Waals surface area contributed by atoms with Crippen LogP contribution in [0.2, 0.25) is 10.0 Å². The van der Waals surface area contributed by atoms with Crippen molar-refractivity contribution in [2.75, 3.05) is 30.5 Å². The lowest BCUT2D eigenvalue weighted by Crippen LogP contribution is -2.12. The van der Waals surface area contributed by atoms with Crippen molar-refractivity contribution in [2.45, 2.75) is 13.3 Å². The Morgan fingerprint density at radius 1 is 1.35 bits per heavy atom. The zero-order valence-electron chi connectivity index (χ0n) is 9.59. The smallest absolute Gasteiger partial charge is 0.161 e. The minimum atomic E-state index is 0.386. The third-order valence-corrected chi connectivity index (χ3v) is 2.60. The maximum absolute atomic E-state index is 5.99. The van der Waals surface area contributed by atoms with Crippen LogP contribution >= 0.6 is 23.2 Å². The van der Waals surface area contributed by atoms with Crippen molar-refractivity contribution in [3.8, 4) is 0 Å². The van der Waals surface area contributed by atoms with Gasteiger partial charge in [0, 0.05) is 19.8 Å². The quantitative estimate of drug-likeness (QED) is 0.406. The van der Waals surface area contributed by atoms with Crippen molar-refractivity contribution in [1.82, 2.24) is 4.98 Å². The number of rotatable bonds is 7. The lowest BCUT2D eigenvalue weighted by Gasteiger charge is -2.10. The summed E-state index contributed by atoms with van der Waals surface area (Å²) >= 11 is 11.9. The van der Waals surface area contributed by atoms with E-state index in [4.69, 9.17) is 33.8 Å². The molecule has 0 saturated carbocycles. The number of anilines is 2. The van der Waals surface area contributed by atoms with Gasteiger partial charge in [0.2, 0.25) is 0 Å². The molecule has 17 heavy (non-hydrogen) atoms. The first-order valence-electron chi connectivity index (χ1n) is 5.33. The average molecular weight is 279 g/mol. The van der Waals surface area contributed by atoms with Gasteiger partial charge in [0.15, 0.2) is 5.82 Å². The molecule has 0 spiro atoms. The van der Waals surface area contributed by atoms with Gasteiger partial charge in [-0.2, -0.15) is 0 Å². The second kappa shape index (κ2) is 7.55. The van der Waals surface area contributed by atoms with E-state index < -0.39 is 0 Å². The molecule has 0 saturated heterocycles. The minimum Gasteiger partial charge on any atom is -0.382 e. The first-order chi connectivity index (χ1) is 8.19. The normalized spacial score (nSPS) is 10.4. The van der Waals surface area contributed by atoms with Crippen LogP contribution in [-0.2, 0) is 4.74 Å². The van der Waals surface area contributed by atoms with Crippen LogP contribution < -0.4 is 16.6 Å². The fourth-order valence-corrected chi connectivity index (χ4v) is 1.70. The molecule has 0 bridgehead atoms. The van der Waals surface area contributed by atoms with E-state index in [9.17, 15) is 0 Å². The van der Waals surface area contributed by atoms with Crippen LogP contribution in [0.3, 0.4) is 0 Å². The van der Waals surface area contributed by atoms with E-state index in [0.717, 1.165) is 19.6 Å². The van der Waals surface area contributed by atoms with Gasteiger partial charge < -0.3 is 15.5 Å². The number of hydrogen-bond donors (Lipinski definition) is 3. The van der Waals surface area contributed by atoms with Gasteiger partial charge >= 0.3 is 0 Å². The summed E-state index contributed by atoms with van der Waals surface area (Å²) < 4.78 is 5.22. The molecule has 0 unspecified atom stereocenters. The van der Waals surface area contributed by atoms with Gasteiger partial charge in [-0.25, -0.2) is 10.8 Å². The van der Waals surface area contributed by atoms with Gasteiger partial charge in [-0.1, -0.05) is 23.2 Å². The molecule has 96 valence electrons. The molecule has 1 heterocycles. The molecule has 0 aliphatic rings. The number of nitrogen functional groups attached to an aromatic ring is 1. The molecular formula is C10H16Cl2N4O. The highest BCUT2D eigenvalue weighted by Gasteiger charge is 2.07. The molecule has 0 amide bonds. The van der Waals surface area contributed by atoms with Crippen molar-refractivity contribution in [2.24, 2.45) is 5.84 Å². The summed E-state index contributed by atoms with van der Waals surface area (Å²) in [6, 6.07) is 1.59. The molecule has 1 aromatic heterocycles. The van der Waals surface area contributed by atoms with E-state index in [2.05, 4.69) is 15.7 Å². The van der Waals surface area contributed by atoms with Gasteiger partial charge in [-0.3, -0.25) is 0 Å². The fourth-order valence-electron chi connectivity index (χ4n) is 1.22. The van der Waals surface area contributed by atoms with Crippen molar-refractivity contribution in [3.05, 3.63) is 16.1 Å². The maximum Gasteiger partial charge on any atom is 0.161 e. The Bertz CT molecular complexity index is 362. The predicted octanol–water partition coefficient (Wildman–Crippen LogP) is 2.51. The highest BCUT2D eigenvalue weighted by molar-refractivity contribution is 6.37. The fraction of sp³-hybridized carbons (Fsp3) is 0.500. The second-order valence-electron chi connectivity index (χ2n) is 3.27. The first kappa shape index (κ1) is 14.3. The average Bonchev–Trinajstić information content (AvgIpc) is 2.31. The van der Waals surface area contributed by atoms with Crippen LogP contribution in [0.25, 0.3) is 0 Å². The number of ether oxygens (including phenoxy) is 1. The lowest BCUT2D eigenvalue weighted by atomic mass is 10.4. The Morgan fingerprint density at radius 2 is 2.06 bits per heavy atom. The first-order valence-corrected chi connectivity index (χ1v) is 6.09. The molecule has 0 aliphatic carbocycles. The number of hydrazine groups is 1. The molecular weight excluding hydrogens is 263 g/mol. The molecule has 0 aromatic carbocycles.